The van der Waals surface area contributed by atoms with Crippen LogP contribution in [0.5, 0.6) is 0 Å². The zero-order valence-electron chi connectivity index (χ0n) is 10.0. The summed E-state index contributed by atoms with van der Waals surface area (Å²) < 4.78 is 13.2. The minimum absolute atomic E-state index is 0.0558. The summed E-state index contributed by atoms with van der Waals surface area (Å²) in [5.41, 5.74) is 1.94. The monoisotopic (exact) mass is 240 g/mol. The Bertz CT molecular complexity index is 573. The lowest BCUT2D eigenvalue weighted by atomic mass is 10.1. The van der Waals surface area contributed by atoms with Gasteiger partial charge in [0.1, 0.15) is 11.9 Å². The number of nitriles is 1. The summed E-state index contributed by atoms with van der Waals surface area (Å²) in [7, 11) is 0. The zero-order chi connectivity index (χ0) is 13.0. The van der Waals surface area contributed by atoms with Crippen molar-refractivity contribution in [2.45, 2.75) is 13.0 Å². The molecule has 0 bridgehead atoms. The molecule has 0 radical (unpaired) electrons. The maximum Gasteiger partial charge on any atom is 0.141 e. The molecular formula is C15H13FN2. The lowest BCUT2D eigenvalue weighted by Gasteiger charge is -2.15. The second-order valence-corrected chi connectivity index (χ2v) is 4.08. The van der Waals surface area contributed by atoms with Gasteiger partial charge >= 0.3 is 0 Å². The highest BCUT2D eigenvalue weighted by molar-refractivity contribution is 5.51. The van der Waals surface area contributed by atoms with Crippen molar-refractivity contribution in [3.63, 3.8) is 0 Å². The molecule has 2 aromatic carbocycles. The van der Waals surface area contributed by atoms with E-state index in [9.17, 15) is 4.39 Å². The van der Waals surface area contributed by atoms with Gasteiger partial charge in [-0.3, -0.25) is 0 Å². The Balaban J connectivity index is 2.18. The molecule has 0 saturated carbocycles. The lowest BCUT2D eigenvalue weighted by Crippen LogP contribution is -2.06. The van der Waals surface area contributed by atoms with Gasteiger partial charge in [-0.05, 0) is 30.7 Å². The van der Waals surface area contributed by atoms with Crippen molar-refractivity contribution in [1.82, 2.24) is 0 Å². The van der Waals surface area contributed by atoms with Crippen LogP contribution in [0.1, 0.15) is 24.1 Å². The second-order valence-electron chi connectivity index (χ2n) is 4.08. The summed E-state index contributed by atoms with van der Waals surface area (Å²) in [4.78, 5) is 0. The van der Waals surface area contributed by atoms with Gasteiger partial charge in [0.15, 0.2) is 0 Å². The first-order valence-corrected chi connectivity index (χ1v) is 5.72. The molecule has 18 heavy (non-hydrogen) atoms. The van der Waals surface area contributed by atoms with Crippen LogP contribution in [-0.2, 0) is 0 Å². The molecule has 1 N–H and O–H groups in total. The predicted octanol–water partition coefficient (Wildman–Crippen LogP) is 3.87. The van der Waals surface area contributed by atoms with E-state index in [0.717, 1.165) is 11.3 Å². The van der Waals surface area contributed by atoms with Gasteiger partial charge in [-0.15, -0.1) is 0 Å². The Labute approximate surface area is 106 Å². The van der Waals surface area contributed by atoms with E-state index in [1.807, 2.05) is 43.3 Å². The molecule has 2 rings (SSSR count). The first-order chi connectivity index (χ1) is 8.70. The average Bonchev–Trinajstić information content (AvgIpc) is 2.42. The summed E-state index contributed by atoms with van der Waals surface area (Å²) in [6, 6.07) is 16.3. The van der Waals surface area contributed by atoms with E-state index < -0.39 is 5.82 Å². The third-order valence-electron chi connectivity index (χ3n) is 2.77. The number of hydrogen-bond donors (Lipinski definition) is 1. The smallest absolute Gasteiger partial charge is 0.141 e. The van der Waals surface area contributed by atoms with E-state index >= 15 is 0 Å². The molecule has 0 amide bonds. The maximum absolute atomic E-state index is 13.2. The molecule has 0 spiro atoms. The van der Waals surface area contributed by atoms with Crippen molar-refractivity contribution in [2.75, 3.05) is 5.32 Å². The van der Waals surface area contributed by atoms with Crippen LogP contribution in [0, 0.1) is 17.1 Å². The zero-order valence-corrected chi connectivity index (χ0v) is 10.0. The molecule has 0 aliphatic carbocycles. The number of nitrogens with zero attached hydrogens (tertiary/aromatic N) is 1. The average molecular weight is 240 g/mol. The number of anilines is 1. The second kappa shape index (κ2) is 5.33. The van der Waals surface area contributed by atoms with Gasteiger partial charge in [0.2, 0.25) is 0 Å². The van der Waals surface area contributed by atoms with Gasteiger partial charge in [0, 0.05) is 11.7 Å². The summed E-state index contributed by atoms with van der Waals surface area (Å²) >= 11 is 0. The predicted molar refractivity (Wildman–Crippen MR) is 69.6 cm³/mol. The Morgan fingerprint density at radius 2 is 1.89 bits per heavy atom. The van der Waals surface area contributed by atoms with Crippen molar-refractivity contribution in [1.29, 1.82) is 5.26 Å². The van der Waals surface area contributed by atoms with Crippen molar-refractivity contribution in [3.05, 3.63) is 65.5 Å². The van der Waals surface area contributed by atoms with Crippen molar-refractivity contribution >= 4 is 5.69 Å². The SMILES string of the molecule is CC(Nc1ccc(F)c(C#N)c1)c1ccccc1. The molecule has 0 aliphatic heterocycles. The Morgan fingerprint density at radius 1 is 1.17 bits per heavy atom. The highest BCUT2D eigenvalue weighted by Gasteiger charge is 2.07. The minimum Gasteiger partial charge on any atom is -0.378 e. The Kier molecular flexibility index (Phi) is 3.59. The summed E-state index contributed by atoms with van der Waals surface area (Å²) in [6.45, 7) is 2.02. The Hall–Kier alpha value is -2.34. The molecule has 2 nitrogen and oxygen atoms in total. The molecular weight excluding hydrogens is 227 g/mol. The highest BCUT2D eigenvalue weighted by Crippen LogP contribution is 2.20. The van der Waals surface area contributed by atoms with Gasteiger partial charge in [0.25, 0.3) is 0 Å². The standard InChI is InChI=1S/C15H13FN2/c1-11(12-5-3-2-4-6-12)18-14-7-8-15(16)13(9-14)10-17/h2-9,11,18H,1H3. The van der Waals surface area contributed by atoms with Gasteiger partial charge in [-0.1, -0.05) is 30.3 Å². The third kappa shape index (κ3) is 2.67. The number of benzene rings is 2. The molecule has 3 heteroatoms. The van der Waals surface area contributed by atoms with E-state index in [-0.39, 0.29) is 11.6 Å². The Morgan fingerprint density at radius 3 is 2.56 bits per heavy atom. The first-order valence-electron chi connectivity index (χ1n) is 5.72. The van der Waals surface area contributed by atoms with Crippen LogP contribution in [0.4, 0.5) is 10.1 Å². The van der Waals surface area contributed by atoms with Crippen LogP contribution in [-0.4, -0.2) is 0 Å². The van der Waals surface area contributed by atoms with Crippen LogP contribution in [0.15, 0.2) is 48.5 Å². The van der Waals surface area contributed by atoms with Crippen LogP contribution in [0.2, 0.25) is 0 Å². The molecule has 0 aliphatic rings. The fraction of sp³-hybridized carbons (Fsp3) is 0.133. The number of halogens is 1. The molecule has 0 heterocycles. The van der Waals surface area contributed by atoms with Gasteiger partial charge in [0.05, 0.1) is 5.56 Å². The minimum atomic E-state index is -0.490. The number of rotatable bonds is 3. The van der Waals surface area contributed by atoms with Crippen LogP contribution < -0.4 is 5.32 Å². The molecule has 2 aromatic rings. The van der Waals surface area contributed by atoms with Gasteiger partial charge < -0.3 is 5.32 Å². The fourth-order valence-corrected chi connectivity index (χ4v) is 1.78. The third-order valence-corrected chi connectivity index (χ3v) is 2.77. The van der Waals surface area contributed by atoms with E-state index in [2.05, 4.69) is 5.32 Å². The van der Waals surface area contributed by atoms with Crippen molar-refractivity contribution < 1.29 is 4.39 Å². The van der Waals surface area contributed by atoms with E-state index in [1.54, 1.807) is 6.07 Å². The molecule has 1 atom stereocenters. The van der Waals surface area contributed by atoms with E-state index in [0.29, 0.717) is 0 Å². The van der Waals surface area contributed by atoms with Crippen LogP contribution in [0.25, 0.3) is 0 Å². The van der Waals surface area contributed by atoms with Crippen molar-refractivity contribution in [2.24, 2.45) is 0 Å². The fourth-order valence-electron chi connectivity index (χ4n) is 1.78. The van der Waals surface area contributed by atoms with E-state index in [1.165, 1.54) is 12.1 Å². The number of hydrogen-bond acceptors (Lipinski definition) is 2. The number of nitrogens with one attached hydrogen (secondary N) is 1. The van der Waals surface area contributed by atoms with Crippen LogP contribution >= 0.6 is 0 Å². The molecule has 0 aromatic heterocycles. The molecule has 0 fully saturated rings. The van der Waals surface area contributed by atoms with Crippen molar-refractivity contribution in [3.8, 4) is 6.07 Å². The normalized spacial score (nSPS) is 11.6. The maximum atomic E-state index is 13.2. The first kappa shape index (κ1) is 12.1. The summed E-state index contributed by atoms with van der Waals surface area (Å²) in [5, 5.41) is 12.0. The largest absolute Gasteiger partial charge is 0.378 e. The van der Waals surface area contributed by atoms with Gasteiger partial charge in [-0.2, -0.15) is 5.26 Å². The molecule has 1 unspecified atom stereocenters. The van der Waals surface area contributed by atoms with Gasteiger partial charge in [-0.25, -0.2) is 4.39 Å². The topological polar surface area (TPSA) is 35.8 Å². The molecule has 90 valence electrons. The molecule has 0 saturated heterocycles. The van der Waals surface area contributed by atoms with Crippen LogP contribution in [0.3, 0.4) is 0 Å². The summed E-state index contributed by atoms with van der Waals surface area (Å²) in [6.07, 6.45) is 0. The quantitative estimate of drug-likeness (QED) is 0.884. The highest BCUT2D eigenvalue weighted by atomic mass is 19.1. The summed E-state index contributed by atoms with van der Waals surface area (Å²) in [5.74, 6) is -0.490. The lowest BCUT2D eigenvalue weighted by molar-refractivity contribution is 0.624. The van der Waals surface area contributed by atoms with E-state index in [4.69, 9.17) is 5.26 Å².